The maximum atomic E-state index is 11.1. The molecule has 0 N–H and O–H groups in total. The molecule has 3 heteroatoms. The van der Waals surface area contributed by atoms with E-state index in [2.05, 4.69) is 10.4 Å². The third-order valence-electron chi connectivity index (χ3n) is 3.02. The van der Waals surface area contributed by atoms with Gasteiger partial charge in [0.2, 0.25) is 0 Å². The molecule has 1 aliphatic carbocycles. The molecule has 1 fully saturated rings. The van der Waals surface area contributed by atoms with Gasteiger partial charge in [-0.1, -0.05) is 12.8 Å². The first kappa shape index (κ1) is 9.84. The minimum absolute atomic E-state index is 0.0791. The highest BCUT2D eigenvalue weighted by molar-refractivity contribution is 7.09. The van der Waals surface area contributed by atoms with Crippen LogP contribution in [-0.4, -0.2) is 11.3 Å². The van der Waals surface area contributed by atoms with E-state index in [1.54, 1.807) is 11.3 Å². The summed E-state index contributed by atoms with van der Waals surface area (Å²) in [5.74, 6) is 0. The summed E-state index contributed by atoms with van der Waals surface area (Å²) in [6.45, 7) is 2.00. The number of aromatic nitrogens is 1. The van der Waals surface area contributed by atoms with Crippen molar-refractivity contribution in [2.24, 2.45) is 5.41 Å². The predicted molar refractivity (Wildman–Crippen MR) is 57.5 cm³/mol. The van der Waals surface area contributed by atoms with Crippen molar-refractivity contribution in [3.63, 3.8) is 0 Å². The molecular weight excluding hydrogens is 194 g/mol. The summed E-state index contributed by atoms with van der Waals surface area (Å²) >= 11 is 1.68. The van der Waals surface area contributed by atoms with Crippen LogP contribution in [-0.2, 0) is 11.2 Å². The third kappa shape index (κ3) is 1.87. The van der Waals surface area contributed by atoms with E-state index < -0.39 is 0 Å². The quantitative estimate of drug-likeness (QED) is 0.716. The van der Waals surface area contributed by atoms with Gasteiger partial charge < -0.3 is 4.79 Å². The van der Waals surface area contributed by atoms with Crippen molar-refractivity contribution in [2.45, 2.75) is 39.0 Å². The summed E-state index contributed by atoms with van der Waals surface area (Å²) in [6, 6.07) is 0. The first-order valence-electron chi connectivity index (χ1n) is 5.11. The largest absolute Gasteiger partial charge is 0.303 e. The van der Waals surface area contributed by atoms with Gasteiger partial charge in [0.15, 0.2) is 0 Å². The van der Waals surface area contributed by atoms with Crippen molar-refractivity contribution in [1.29, 1.82) is 0 Å². The Bertz CT molecular complexity index is 326. The molecule has 1 saturated carbocycles. The van der Waals surface area contributed by atoms with Gasteiger partial charge in [0.05, 0.1) is 5.01 Å². The summed E-state index contributed by atoms with van der Waals surface area (Å²) in [7, 11) is 0. The van der Waals surface area contributed by atoms with E-state index in [-0.39, 0.29) is 5.41 Å². The van der Waals surface area contributed by atoms with E-state index >= 15 is 0 Å². The van der Waals surface area contributed by atoms with E-state index in [1.165, 1.54) is 12.8 Å². The fourth-order valence-electron chi connectivity index (χ4n) is 2.20. The second-order valence-electron chi connectivity index (χ2n) is 4.25. The summed E-state index contributed by atoms with van der Waals surface area (Å²) in [5.41, 5.74) is 0.994. The highest BCUT2D eigenvalue weighted by Crippen LogP contribution is 2.39. The average Bonchev–Trinajstić information content (AvgIpc) is 2.77. The topological polar surface area (TPSA) is 30.0 Å². The van der Waals surface area contributed by atoms with Crippen LogP contribution in [0.5, 0.6) is 0 Å². The lowest BCUT2D eigenvalue weighted by Gasteiger charge is -2.19. The minimum atomic E-state index is -0.0791. The maximum absolute atomic E-state index is 11.1. The molecule has 0 amide bonds. The molecule has 0 saturated heterocycles. The molecule has 2 rings (SSSR count). The lowest BCUT2D eigenvalue weighted by Crippen LogP contribution is -2.21. The summed E-state index contributed by atoms with van der Waals surface area (Å²) in [6.07, 6.45) is 6.52. The third-order valence-corrected chi connectivity index (χ3v) is 3.99. The van der Waals surface area contributed by atoms with E-state index in [1.807, 2.05) is 6.92 Å². The molecule has 76 valence electrons. The van der Waals surface area contributed by atoms with Gasteiger partial charge in [-0.2, -0.15) is 0 Å². The molecular formula is C11H15NOS. The number of carbonyl (C=O) groups excluding carboxylic acids is 1. The van der Waals surface area contributed by atoms with E-state index in [9.17, 15) is 4.79 Å². The van der Waals surface area contributed by atoms with Gasteiger partial charge in [0.25, 0.3) is 0 Å². The van der Waals surface area contributed by atoms with Gasteiger partial charge in [-0.3, -0.25) is 0 Å². The molecule has 1 aromatic rings. The van der Waals surface area contributed by atoms with Crippen molar-refractivity contribution in [2.75, 3.05) is 0 Å². The first-order valence-corrected chi connectivity index (χ1v) is 5.99. The number of hydrogen-bond donors (Lipinski definition) is 0. The molecule has 1 heterocycles. The Labute approximate surface area is 88.4 Å². The van der Waals surface area contributed by atoms with Gasteiger partial charge in [-0.15, -0.1) is 11.3 Å². The Hall–Kier alpha value is -0.700. The predicted octanol–water partition coefficient (Wildman–Crippen LogP) is 2.75. The van der Waals surface area contributed by atoms with Crippen LogP contribution in [0.25, 0.3) is 0 Å². The molecule has 0 aromatic carbocycles. The smallest absolute Gasteiger partial charge is 0.126 e. The van der Waals surface area contributed by atoms with Crippen molar-refractivity contribution < 1.29 is 4.79 Å². The first-order chi connectivity index (χ1) is 6.74. The van der Waals surface area contributed by atoms with Gasteiger partial charge in [0, 0.05) is 22.9 Å². The van der Waals surface area contributed by atoms with Crippen LogP contribution in [0.15, 0.2) is 5.38 Å². The van der Waals surface area contributed by atoms with E-state index in [4.69, 9.17) is 0 Å². The number of carbonyl (C=O) groups is 1. The average molecular weight is 209 g/mol. The molecule has 0 spiro atoms. The highest BCUT2D eigenvalue weighted by Gasteiger charge is 2.34. The van der Waals surface area contributed by atoms with Crippen LogP contribution in [0.4, 0.5) is 0 Å². The molecule has 0 atom stereocenters. The Morgan fingerprint density at radius 1 is 1.57 bits per heavy atom. The summed E-state index contributed by atoms with van der Waals surface area (Å²) in [4.78, 5) is 15.5. The monoisotopic (exact) mass is 209 g/mol. The number of aldehydes is 1. The SMILES string of the molecule is Cc1csc(CC2(C=O)CCCC2)n1. The van der Waals surface area contributed by atoms with Gasteiger partial charge in [-0.25, -0.2) is 4.98 Å². The molecule has 1 aliphatic rings. The van der Waals surface area contributed by atoms with Crippen molar-refractivity contribution >= 4 is 17.6 Å². The standard InChI is InChI=1S/C11H15NOS/c1-9-7-14-10(12-9)6-11(8-13)4-2-3-5-11/h7-8H,2-6H2,1H3. The summed E-state index contributed by atoms with van der Waals surface area (Å²) < 4.78 is 0. The van der Waals surface area contributed by atoms with Crippen LogP contribution in [0.3, 0.4) is 0 Å². The molecule has 1 aromatic heterocycles. The zero-order valence-electron chi connectivity index (χ0n) is 8.45. The van der Waals surface area contributed by atoms with E-state index in [0.29, 0.717) is 0 Å². The van der Waals surface area contributed by atoms with Gasteiger partial charge >= 0.3 is 0 Å². The Kier molecular flexibility index (Phi) is 2.68. The Morgan fingerprint density at radius 3 is 2.79 bits per heavy atom. The number of hydrogen-bond acceptors (Lipinski definition) is 3. The highest BCUT2D eigenvalue weighted by atomic mass is 32.1. The number of nitrogens with zero attached hydrogens (tertiary/aromatic N) is 1. The minimum Gasteiger partial charge on any atom is -0.303 e. The number of rotatable bonds is 3. The van der Waals surface area contributed by atoms with Crippen LogP contribution < -0.4 is 0 Å². The van der Waals surface area contributed by atoms with Crippen LogP contribution in [0.1, 0.15) is 36.4 Å². The molecule has 2 nitrogen and oxygen atoms in total. The Balaban J connectivity index is 2.11. The van der Waals surface area contributed by atoms with Gasteiger partial charge in [0.1, 0.15) is 6.29 Å². The van der Waals surface area contributed by atoms with Crippen LogP contribution in [0, 0.1) is 12.3 Å². The molecule has 0 unspecified atom stereocenters. The van der Waals surface area contributed by atoms with Crippen LogP contribution >= 0.6 is 11.3 Å². The number of aryl methyl sites for hydroxylation is 1. The zero-order chi connectivity index (χ0) is 10.0. The lowest BCUT2D eigenvalue weighted by atomic mass is 9.85. The molecule has 14 heavy (non-hydrogen) atoms. The fourth-order valence-corrected chi connectivity index (χ4v) is 3.13. The summed E-state index contributed by atoms with van der Waals surface area (Å²) in [5, 5.41) is 3.18. The fraction of sp³-hybridized carbons (Fsp3) is 0.636. The second-order valence-corrected chi connectivity index (χ2v) is 5.19. The van der Waals surface area contributed by atoms with Crippen molar-refractivity contribution in [3.05, 3.63) is 16.1 Å². The van der Waals surface area contributed by atoms with Gasteiger partial charge in [-0.05, 0) is 19.8 Å². The molecule has 0 radical (unpaired) electrons. The second kappa shape index (κ2) is 3.81. The zero-order valence-corrected chi connectivity index (χ0v) is 9.27. The lowest BCUT2D eigenvalue weighted by molar-refractivity contribution is -0.115. The molecule has 0 bridgehead atoms. The van der Waals surface area contributed by atoms with Crippen molar-refractivity contribution in [3.8, 4) is 0 Å². The van der Waals surface area contributed by atoms with Crippen molar-refractivity contribution in [1.82, 2.24) is 4.98 Å². The van der Waals surface area contributed by atoms with E-state index in [0.717, 1.165) is 36.3 Å². The van der Waals surface area contributed by atoms with Crippen LogP contribution in [0.2, 0.25) is 0 Å². The Morgan fingerprint density at radius 2 is 2.29 bits per heavy atom. The number of thiazole rings is 1. The normalized spacial score (nSPS) is 19.8. The molecule has 0 aliphatic heterocycles. The maximum Gasteiger partial charge on any atom is 0.126 e.